The third-order valence-electron chi connectivity index (χ3n) is 11.1. The number of esters is 5. The molecule has 0 atom stereocenters. The van der Waals surface area contributed by atoms with E-state index in [2.05, 4.69) is 40.1 Å². The Morgan fingerprint density at radius 2 is 0.695 bits per heavy atom. The highest BCUT2D eigenvalue weighted by Crippen LogP contribution is 2.40. The Hall–Kier alpha value is -10.3. The molecule has 0 aliphatic heterocycles. The molecule has 22 nitrogen and oxygen atoms in total. The fourth-order valence-electron chi connectivity index (χ4n) is 7.05. The maximum Gasteiger partial charge on any atom is 0.343 e. The number of aromatic hydroxyl groups is 4. The second-order valence-corrected chi connectivity index (χ2v) is 17.1. The number of hydrogen-bond acceptors (Lipinski definition) is 22. The number of rotatable bonds is 19. The van der Waals surface area contributed by atoms with Gasteiger partial charge in [-0.1, -0.05) is 76.6 Å². The van der Waals surface area contributed by atoms with Crippen LogP contribution in [0.25, 0.3) is 67.8 Å². The first-order chi connectivity index (χ1) is 39.6. The molecule has 0 radical (unpaired) electrons. The molecule has 0 aliphatic carbocycles. The highest BCUT2D eigenvalue weighted by Gasteiger charge is 2.21. The Kier molecular flexibility index (Phi) is 22.4. The average Bonchev–Trinajstić information content (AvgIpc) is 3.58. The number of hydrogen-bond donors (Lipinski definition) is 4. The van der Waals surface area contributed by atoms with Gasteiger partial charge in [0.05, 0.1) is 58.3 Å². The predicted molar refractivity (Wildman–Crippen MR) is 299 cm³/mol. The lowest BCUT2D eigenvalue weighted by atomic mass is 10.0. The summed E-state index contributed by atoms with van der Waals surface area (Å²) < 4.78 is 45.7. The third-order valence-corrected chi connectivity index (χ3v) is 11.6. The topological polar surface area (TPSA) is 301 Å². The predicted octanol–water partition coefficient (Wildman–Crippen LogP) is 8.54. The lowest BCUT2D eigenvalue weighted by molar-refractivity contribution is -0.143. The molecular weight excluding hydrogens is 1130 g/mol. The van der Waals surface area contributed by atoms with Gasteiger partial charge in [-0.25, -0.2) is 39.1 Å². The summed E-state index contributed by atoms with van der Waals surface area (Å²) in [6, 6.07) is 39.8. The number of alkyl halides is 1. The van der Waals surface area contributed by atoms with Crippen LogP contribution in [0, 0.1) is 0 Å². The highest BCUT2D eigenvalue weighted by molar-refractivity contribution is 9.09. The van der Waals surface area contributed by atoms with Crippen molar-refractivity contribution in [1.82, 2.24) is 19.9 Å². The van der Waals surface area contributed by atoms with E-state index in [0.29, 0.717) is 62.2 Å². The van der Waals surface area contributed by atoms with Gasteiger partial charge in [-0.15, -0.1) is 0 Å². The van der Waals surface area contributed by atoms with Crippen molar-refractivity contribution in [3.05, 3.63) is 146 Å². The molecule has 23 heteroatoms. The molecule has 0 bridgehead atoms. The fraction of sp³-hybridized carbons (Fsp3) is 0.169. The summed E-state index contributed by atoms with van der Waals surface area (Å²) in [4.78, 5) is 76.0. The van der Waals surface area contributed by atoms with Gasteiger partial charge in [-0.05, 0) is 60.7 Å². The van der Waals surface area contributed by atoms with Gasteiger partial charge < -0.3 is 63.1 Å². The monoisotopic (exact) mass is 1180 g/mol. The number of carbonyl (C=O) groups excluding carboxylic acids is 5. The molecule has 6 aromatic carbocycles. The normalized spacial score (nSPS) is 10.3. The fourth-order valence-corrected chi connectivity index (χ4v) is 7.28. The standard InChI is InChI=1S/C34H32N2O12.C22H16N2O4.C3H5BrO2/c1-41-30(37)17-45-22-10-12-24(28(14-22)47-19-32(39)43-3)26-16-27(36-34(35-26)21-8-6-5-7-9-21)25-13-11-23(46-18-31(38)42-2)15-29(25)48-20-33(40)44-4;25-14-6-8-16(20(27)10-14)18-12-19(17-9-7-15(26)11-21(17)28)24-22(23-18)13-4-2-1-3-5-13;1-6-3(5)2-4/h5-16H,17-20H2,1-4H3;1-12,25-28H;2H2,1H3. The molecule has 0 aliphatic rings. The van der Waals surface area contributed by atoms with Gasteiger partial charge in [0.15, 0.2) is 38.1 Å². The van der Waals surface area contributed by atoms with Gasteiger partial charge in [0.2, 0.25) is 0 Å². The van der Waals surface area contributed by atoms with Crippen LogP contribution in [0.15, 0.2) is 146 Å². The van der Waals surface area contributed by atoms with Crippen molar-refractivity contribution in [3.63, 3.8) is 0 Å². The van der Waals surface area contributed by atoms with Crippen LogP contribution in [-0.2, 0) is 47.7 Å². The Labute approximate surface area is 477 Å². The van der Waals surface area contributed by atoms with E-state index in [1.54, 1.807) is 48.5 Å². The summed E-state index contributed by atoms with van der Waals surface area (Å²) in [5, 5.41) is 39.9. The van der Waals surface area contributed by atoms with Crippen LogP contribution < -0.4 is 18.9 Å². The smallest absolute Gasteiger partial charge is 0.343 e. The third kappa shape index (κ3) is 17.4. The van der Waals surface area contributed by atoms with Crippen molar-refractivity contribution >= 4 is 45.8 Å². The highest BCUT2D eigenvalue weighted by atomic mass is 79.9. The van der Waals surface area contributed by atoms with Crippen LogP contribution in [0.1, 0.15) is 0 Å². The van der Waals surface area contributed by atoms with Gasteiger partial charge in [0.25, 0.3) is 0 Å². The summed E-state index contributed by atoms with van der Waals surface area (Å²) >= 11 is 2.90. The maximum atomic E-state index is 12.0. The zero-order valence-corrected chi connectivity index (χ0v) is 46.1. The van der Waals surface area contributed by atoms with Gasteiger partial charge in [-0.2, -0.15) is 0 Å². The molecule has 0 saturated carbocycles. The number of aromatic nitrogens is 4. The van der Waals surface area contributed by atoms with Crippen molar-refractivity contribution in [2.45, 2.75) is 0 Å². The molecule has 0 unspecified atom stereocenters. The number of halogens is 1. The van der Waals surface area contributed by atoms with E-state index < -0.39 is 37.1 Å². The quantitative estimate of drug-likeness (QED) is 0.0335. The minimum absolute atomic E-state index is 0.0602. The number of carbonyl (C=O) groups is 5. The van der Waals surface area contributed by atoms with Crippen molar-refractivity contribution in [3.8, 4) is 114 Å². The Balaban J connectivity index is 0.000000266. The second kappa shape index (κ2) is 30.2. The maximum absolute atomic E-state index is 12.0. The average molecular weight is 1190 g/mol. The molecule has 424 valence electrons. The van der Waals surface area contributed by atoms with E-state index in [4.69, 9.17) is 38.4 Å². The number of methoxy groups -OCH3 is 5. The number of phenols is 4. The molecule has 0 spiro atoms. The molecule has 4 N–H and O–H groups in total. The first-order valence-corrected chi connectivity index (χ1v) is 25.3. The lowest BCUT2D eigenvalue weighted by Gasteiger charge is -2.16. The van der Waals surface area contributed by atoms with Crippen LogP contribution in [0.2, 0.25) is 0 Å². The van der Waals surface area contributed by atoms with E-state index in [1.807, 2.05) is 60.7 Å². The van der Waals surface area contributed by atoms with Crippen LogP contribution >= 0.6 is 15.9 Å². The minimum atomic E-state index is -0.628. The van der Waals surface area contributed by atoms with Crippen molar-refractivity contribution < 1.29 is 87.0 Å². The zero-order chi connectivity index (χ0) is 59.1. The van der Waals surface area contributed by atoms with Gasteiger partial charge in [0.1, 0.15) is 51.3 Å². The van der Waals surface area contributed by atoms with Gasteiger partial charge in [0, 0.05) is 57.6 Å². The van der Waals surface area contributed by atoms with E-state index in [9.17, 15) is 44.4 Å². The van der Waals surface area contributed by atoms with E-state index in [0.717, 1.165) is 5.56 Å². The largest absolute Gasteiger partial charge is 0.508 e. The SMILES string of the molecule is COC(=O)CBr.COC(=O)COc1ccc(-c2cc(-c3ccc(OCC(=O)OC)cc3OCC(=O)OC)nc(-c3ccccc3)n2)c(OCC(=O)OC)c1.Oc1ccc(-c2cc(-c3ccc(O)cc3O)nc(-c3ccccc3)n2)c(O)c1. The number of phenolic OH excluding ortho intramolecular Hbond substituents is 4. The van der Waals surface area contributed by atoms with E-state index in [1.165, 1.54) is 71.9 Å². The molecule has 0 saturated heterocycles. The van der Waals surface area contributed by atoms with E-state index in [-0.39, 0.29) is 70.5 Å². The summed E-state index contributed by atoms with van der Waals surface area (Å²) in [5.74, 6) is -1.38. The Bertz CT molecular complexity index is 3330. The van der Waals surface area contributed by atoms with Gasteiger partial charge in [-0.3, -0.25) is 4.79 Å². The first-order valence-electron chi connectivity index (χ1n) is 24.2. The van der Waals surface area contributed by atoms with Crippen molar-refractivity contribution in [2.75, 3.05) is 67.3 Å². The summed E-state index contributed by atoms with van der Waals surface area (Å²) in [6.45, 7) is -1.55. The van der Waals surface area contributed by atoms with Crippen LogP contribution in [0.5, 0.6) is 46.0 Å². The molecule has 0 fully saturated rings. The molecule has 8 rings (SSSR count). The lowest BCUT2D eigenvalue weighted by Crippen LogP contribution is -2.14. The van der Waals surface area contributed by atoms with E-state index >= 15 is 0 Å². The van der Waals surface area contributed by atoms with Crippen molar-refractivity contribution in [1.29, 1.82) is 0 Å². The molecule has 2 aromatic heterocycles. The number of benzene rings is 6. The Morgan fingerprint density at radius 1 is 0.378 bits per heavy atom. The summed E-state index contributed by atoms with van der Waals surface area (Å²) in [6.07, 6.45) is 0. The van der Waals surface area contributed by atoms with Crippen LogP contribution in [0.4, 0.5) is 0 Å². The first kappa shape index (κ1) is 60.9. The molecule has 82 heavy (non-hydrogen) atoms. The summed E-state index contributed by atoms with van der Waals surface area (Å²) in [7, 11) is 6.30. The molecule has 8 aromatic rings. The molecule has 0 amide bonds. The number of nitrogens with zero attached hydrogens (tertiary/aromatic N) is 4. The van der Waals surface area contributed by atoms with Crippen LogP contribution in [0.3, 0.4) is 0 Å². The van der Waals surface area contributed by atoms with Gasteiger partial charge >= 0.3 is 29.8 Å². The van der Waals surface area contributed by atoms with Crippen molar-refractivity contribution in [2.24, 2.45) is 0 Å². The molecule has 2 heterocycles. The minimum Gasteiger partial charge on any atom is -0.508 e. The van der Waals surface area contributed by atoms with Crippen LogP contribution in [-0.4, -0.2) is 138 Å². The Morgan fingerprint density at radius 3 is 1.00 bits per heavy atom. The zero-order valence-electron chi connectivity index (χ0n) is 44.6. The summed E-state index contributed by atoms with van der Waals surface area (Å²) in [5.41, 5.74) is 4.77. The molecular formula is C59H53BrN4O18. The number of ether oxygens (including phenoxy) is 9. The second-order valence-electron chi connectivity index (χ2n) is 16.5.